The first kappa shape index (κ1) is 15.3. The molecule has 1 aromatic carbocycles. The minimum atomic E-state index is -0.0694. The number of nitrogens with zero attached hydrogens (tertiary/aromatic N) is 4. The lowest BCUT2D eigenvalue weighted by atomic mass is 9.98. The highest BCUT2D eigenvalue weighted by molar-refractivity contribution is 5.98. The fourth-order valence-electron chi connectivity index (χ4n) is 3.55. The number of carbonyl (C=O) groups excluding carboxylic acids is 1. The first-order valence-corrected chi connectivity index (χ1v) is 8.31. The van der Waals surface area contributed by atoms with Crippen LogP contribution in [0.4, 0.5) is 0 Å². The molecule has 2 aromatic rings. The summed E-state index contributed by atoms with van der Waals surface area (Å²) in [5.41, 5.74) is 1.89. The summed E-state index contributed by atoms with van der Waals surface area (Å²) in [5, 5.41) is 10.9. The molecule has 2 fully saturated rings. The molecule has 24 heavy (non-hydrogen) atoms. The number of benzene rings is 1. The van der Waals surface area contributed by atoms with E-state index in [1.807, 2.05) is 35.2 Å². The van der Waals surface area contributed by atoms with Gasteiger partial charge < -0.3 is 9.64 Å². The maximum Gasteiger partial charge on any atom is 0.276 e. The Morgan fingerprint density at radius 3 is 2.92 bits per heavy atom. The van der Waals surface area contributed by atoms with E-state index in [1.54, 1.807) is 0 Å². The average Bonchev–Trinajstić information content (AvgIpc) is 3.12. The van der Waals surface area contributed by atoms with Crippen LogP contribution < -0.4 is 0 Å². The number of fused-ring (bicyclic) bond motifs is 1. The van der Waals surface area contributed by atoms with Crippen LogP contribution >= 0.6 is 0 Å². The molecule has 7 nitrogen and oxygen atoms in total. The quantitative estimate of drug-likeness (QED) is 0.891. The fraction of sp³-hybridized carbons (Fsp3) is 0.471. The van der Waals surface area contributed by atoms with Crippen molar-refractivity contribution in [1.82, 2.24) is 25.2 Å². The number of likely N-dealkylation sites (N-methyl/N-ethyl adjacent to an activating group) is 1. The van der Waals surface area contributed by atoms with Crippen molar-refractivity contribution in [2.24, 2.45) is 0 Å². The average molecular weight is 327 g/mol. The van der Waals surface area contributed by atoms with Crippen LogP contribution in [0.3, 0.4) is 0 Å². The second-order valence-corrected chi connectivity index (χ2v) is 6.38. The number of nitrogens with one attached hydrogen (secondary N) is 1. The van der Waals surface area contributed by atoms with Gasteiger partial charge in [-0.1, -0.05) is 30.3 Å². The minimum Gasteiger partial charge on any atom is -0.375 e. The summed E-state index contributed by atoms with van der Waals surface area (Å²) in [5.74, 6) is -0.0694. The molecular weight excluding hydrogens is 306 g/mol. The third-order valence-corrected chi connectivity index (χ3v) is 4.95. The zero-order valence-corrected chi connectivity index (χ0v) is 13.7. The van der Waals surface area contributed by atoms with E-state index in [2.05, 4.69) is 27.4 Å². The van der Waals surface area contributed by atoms with Gasteiger partial charge in [-0.3, -0.25) is 9.69 Å². The molecule has 2 aliphatic heterocycles. The number of amides is 1. The summed E-state index contributed by atoms with van der Waals surface area (Å²) in [6.45, 7) is 3.03. The van der Waals surface area contributed by atoms with Crippen molar-refractivity contribution in [3.8, 4) is 11.3 Å². The number of hydrogen-bond acceptors (Lipinski definition) is 5. The molecule has 7 heteroatoms. The lowest BCUT2D eigenvalue weighted by Crippen LogP contribution is -2.59. The predicted molar refractivity (Wildman–Crippen MR) is 88.5 cm³/mol. The third-order valence-electron chi connectivity index (χ3n) is 4.95. The topological polar surface area (TPSA) is 74.3 Å². The Kier molecular flexibility index (Phi) is 4.03. The van der Waals surface area contributed by atoms with Gasteiger partial charge in [-0.05, 0) is 13.5 Å². The molecule has 2 aliphatic rings. The van der Waals surface area contributed by atoms with E-state index in [4.69, 9.17) is 4.74 Å². The second-order valence-electron chi connectivity index (χ2n) is 6.38. The van der Waals surface area contributed by atoms with Gasteiger partial charge >= 0.3 is 0 Å². The van der Waals surface area contributed by atoms with Gasteiger partial charge in [0.05, 0.1) is 18.8 Å². The highest BCUT2D eigenvalue weighted by atomic mass is 16.5. The van der Waals surface area contributed by atoms with E-state index in [0.717, 1.165) is 25.1 Å². The van der Waals surface area contributed by atoms with Crippen LogP contribution in [0, 0.1) is 0 Å². The Hall–Kier alpha value is -2.25. The molecule has 4 rings (SSSR count). The smallest absolute Gasteiger partial charge is 0.276 e. The van der Waals surface area contributed by atoms with Crippen LogP contribution in [0.25, 0.3) is 11.3 Å². The van der Waals surface area contributed by atoms with Gasteiger partial charge in [0, 0.05) is 25.2 Å². The Bertz CT molecular complexity index is 717. The molecule has 1 amide bonds. The van der Waals surface area contributed by atoms with Gasteiger partial charge in [0.15, 0.2) is 5.69 Å². The van der Waals surface area contributed by atoms with Crippen LogP contribution in [0.5, 0.6) is 0 Å². The van der Waals surface area contributed by atoms with Crippen LogP contribution in [0.2, 0.25) is 0 Å². The van der Waals surface area contributed by atoms with Crippen molar-refractivity contribution in [2.75, 3.05) is 33.3 Å². The number of piperidine rings is 1. The molecule has 0 saturated carbocycles. The highest BCUT2D eigenvalue weighted by Gasteiger charge is 2.38. The van der Waals surface area contributed by atoms with Gasteiger partial charge in [-0.2, -0.15) is 15.4 Å². The molecule has 0 aliphatic carbocycles. The van der Waals surface area contributed by atoms with E-state index in [1.165, 1.54) is 0 Å². The van der Waals surface area contributed by atoms with Crippen molar-refractivity contribution in [3.63, 3.8) is 0 Å². The van der Waals surface area contributed by atoms with E-state index >= 15 is 0 Å². The lowest BCUT2D eigenvalue weighted by molar-refractivity contribution is -0.0894. The van der Waals surface area contributed by atoms with Crippen molar-refractivity contribution < 1.29 is 9.53 Å². The number of morpholine rings is 1. The number of ether oxygens (including phenoxy) is 1. The van der Waals surface area contributed by atoms with Crippen molar-refractivity contribution >= 4 is 5.91 Å². The number of carbonyl (C=O) groups is 1. The van der Waals surface area contributed by atoms with E-state index in [-0.39, 0.29) is 18.1 Å². The van der Waals surface area contributed by atoms with E-state index in [0.29, 0.717) is 24.5 Å². The van der Waals surface area contributed by atoms with E-state index in [9.17, 15) is 4.79 Å². The maximum atomic E-state index is 13.0. The van der Waals surface area contributed by atoms with Crippen LogP contribution in [0.1, 0.15) is 16.9 Å². The zero-order chi connectivity index (χ0) is 16.5. The summed E-state index contributed by atoms with van der Waals surface area (Å²) in [7, 11) is 2.10. The summed E-state index contributed by atoms with van der Waals surface area (Å²) >= 11 is 0. The predicted octanol–water partition coefficient (Wildman–Crippen LogP) is 1.02. The molecule has 126 valence electrons. The largest absolute Gasteiger partial charge is 0.375 e. The number of rotatable bonds is 2. The fourth-order valence-corrected chi connectivity index (χ4v) is 3.55. The summed E-state index contributed by atoms with van der Waals surface area (Å²) in [6.07, 6.45) is 1.08. The SMILES string of the molecule is CN1CCO[C@@H]2CCN(C(=O)c3n[nH]nc3-c3ccccc3)C[C@H]21. The van der Waals surface area contributed by atoms with Crippen molar-refractivity contribution in [2.45, 2.75) is 18.6 Å². The first-order valence-electron chi connectivity index (χ1n) is 8.31. The van der Waals surface area contributed by atoms with Crippen LogP contribution in [-0.4, -0.2) is 76.6 Å². The molecule has 0 bridgehead atoms. The number of aromatic amines is 1. The molecule has 0 spiro atoms. The van der Waals surface area contributed by atoms with Gasteiger partial charge in [-0.15, -0.1) is 0 Å². The Morgan fingerprint density at radius 1 is 1.25 bits per heavy atom. The minimum absolute atomic E-state index is 0.0694. The molecule has 0 unspecified atom stereocenters. The molecule has 2 atom stereocenters. The maximum absolute atomic E-state index is 13.0. The van der Waals surface area contributed by atoms with E-state index < -0.39 is 0 Å². The number of aromatic nitrogens is 3. The number of H-pyrrole nitrogens is 1. The summed E-state index contributed by atoms with van der Waals surface area (Å²) in [6, 6.07) is 9.92. The molecule has 1 N–H and O–H groups in total. The summed E-state index contributed by atoms with van der Waals surface area (Å²) < 4.78 is 5.85. The number of hydrogen-bond donors (Lipinski definition) is 1. The first-order chi connectivity index (χ1) is 11.7. The molecule has 3 heterocycles. The highest BCUT2D eigenvalue weighted by Crippen LogP contribution is 2.25. The lowest BCUT2D eigenvalue weighted by Gasteiger charge is -2.45. The molecular formula is C17H21N5O2. The van der Waals surface area contributed by atoms with Crippen LogP contribution in [0.15, 0.2) is 30.3 Å². The second kappa shape index (κ2) is 6.33. The standard InChI is InChI=1S/C17H21N5O2/c1-21-9-10-24-14-7-8-22(11-13(14)21)17(23)16-15(18-20-19-16)12-5-3-2-4-6-12/h2-6,13-14H,7-11H2,1H3,(H,18,19,20)/t13-,14-/m1/s1. The normalized spacial score (nSPS) is 24.6. The number of likely N-dealkylation sites (tertiary alicyclic amines) is 1. The van der Waals surface area contributed by atoms with Crippen molar-refractivity contribution in [3.05, 3.63) is 36.0 Å². The molecule has 2 saturated heterocycles. The van der Waals surface area contributed by atoms with Gasteiger partial charge in [-0.25, -0.2) is 0 Å². The van der Waals surface area contributed by atoms with Gasteiger partial charge in [0.2, 0.25) is 0 Å². The van der Waals surface area contributed by atoms with Crippen molar-refractivity contribution in [1.29, 1.82) is 0 Å². The zero-order valence-electron chi connectivity index (χ0n) is 13.7. The van der Waals surface area contributed by atoms with Gasteiger partial charge in [0.25, 0.3) is 5.91 Å². The Balaban J connectivity index is 1.56. The Morgan fingerprint density at radius 2 is 2.08 bits per heavy atom. The molecule has 0 radical (unpaired) electrons. The van der Waals surface area contributed by atoms with Gasteiger partial charge in [0.1, 0.15) is 5.69 Å². The van der Waals surface area contributed by atoms with Crippen LogP contribution in [-0.2, 0) is 4.74 Å². The third kappa shape index (κ3) is 2.70. The monoisotopic (exact) mass is 327 g/mol. The molecule has 1 aromatic heterocycles. The summed E-state index contributed by atoms with van der Waals surface area (Å²) in [4.78, 5) is 17.1. The Labute approximate surface area is 140 Å².